The van der Waals surface area contributed by atoms with Crippen molar-refractivity contribution in [3.8, 4) is 11.3 Å². The molecule has 0 bridgehead atoms. The summed E-state index contributed by atoms with van der Waals surface area (Å²) in [4.78, 5) is 14.0. The molecule has 0 atom stereocenters. The van der Waals surface area contributed by atoms with E-state index < -0.39 is 0 Å². The van der Waals surface area contributed by atoms with Gasteiger partial charge in [0.2, 0.25) is 0 Å². The van der Waals surface area contributed by atoms with Gasteiger partial charge in [0.05, 0.1) is 10.5 Å². The second-order valence-corrected chi connectivity index (χ2v) is 7.38. The van der Waals surface area contributed by atoms with E-state index in [2.05, 4.69) is 30.3 Å². The van der Waals surface area contributed by atoms with Crippen LogP contribution >= 0.6 is 0 Å². The maximum Gasteiger partial charge on any atom is 0.280 e. The smallest absolute Gasteiger partial charge is 0.280 e. The third-order valence-electron chi connectivity index (χ3n) is 5.41. The van der Waals surface area contributed by atoms with Crippen molar-refractivity contribution in [1.29, 1.82) is 0 Å². The molecule has 4 rings (SSSR count). The minimum absolute atomic E-state index is 0.0777. The minimum atomic E-state index is -0.364. The van der Waals surface area contributed by atoms with Gasteiger partial charge >= 0.3 is 0 Å². The number of nitrogens with zero attached hydrogens (tertiary/aromatic N) is 1. The Kier molecular flexibility index (Phi) is 5.50. The maximum absolute atomic E-state index is 11.2. The van der Waals surface area contributed by atoms with Gasteiger partial charge in [0, 0.05) is 11.6 Å². The molecule has 1 aromatic heterocycles. The minimum Gasteiger partial charge on any atom is -0.455 e. The number of piperazine rings is 1. The van der Waals surface area contributed by atoms with Gasteiger partial charge < -0.3 is 14.2 Å². The molecule has 0 spiro atoms. The molecule has 6 heteroatoms. The van der Waals surface area contributed by atoms with Gasteiger partial charge in [0.25, 0.3) is 5.69 Å². The van der Waals surface area contributed by atoms with Crippen molar-refractivity contribution in [3.63, 3.8) is 0 Å². The Morgan fingerprint density at radius 1 is 0.821 bits per heavy atom. The monoisotopic (exact) mass is 379 g/mol. The molecular weight excluding hydrogens is 354 g/mol. The Morgan fingerprint density at radius 2 is 1.46 bits per heavy atom. The lowest BCUT2D eigenvalue weighted by atomic mass is 10.1. The van der Waals surface area contributed by atoms with Gasteiger partial charge in [0.15, 0.2) is 5.76 Å². The standard InChI is InChI=1S/C22H23N3O3/c26-25(27)21-9-5-4-8-20(21)22-11-10-19(28-22)17-24-14-12-23(13-15-24)16-18-6-2-1-3-7-18/h1-11H,12-17H2/p+2. The molecule has 3 aromatic rings. The molecule has 1 fully saturated rings. The van der Waals surface area contributed by atoms with Crippen LogP contribution in [0, 0.1) is 10.1 Å². The van der Waals surface area contributed by atoms with E-state index in [9.17, 15) is 10.1 Å². The van der Waals surface area contributed by atoms with Crippen LogP contribution in [0.5, 0.6) is 0 Å². The molecule has 1 aliphatic heterocycles. The zero-order valence-corrected chi connectivity index (χ0v) is 15.8. The summed E-state index contributed by atoms with van der Waals surface area (Å²) in [6.07, 6.45) is 0. The summed E-state index contributed by atoms with van der Waals surface area (Å²) >= 11 is 0. The molecule has 144 valence electrons. The summed E-state index contributed by atoms with van der Waals surface area (Å²) in [5.41, 5.74) is 2.00. The van der Waals surface area contributed by atoms with Crippen molar-refractivity contribution in [2.75, 3.05) is 26.2 Å². The van der Waals surface area contributed by atoms with Crippen molar-refractivity contribution in [3.05, 3.63) is 88.2 Å². The summed E-state index contributed by atoms with van der Waals surface area (Å²) in [6.45, 7) is 6.38. The Labute approximate surface area is 164 Å². The SMILES string of the molecule is O=[N+]([O-])c1ccccc1-c1ccc(C[NH+]2CC[NH+](Cc3ccccc3)CC2)o1. The number of furan rings is 1. The van der Waals surface area contributed by atoms with Crippen LogP contribution in [0.4, 0.5) is 5.69 Å². The number of hydrogen-bond donors (Lipinski definition) is 2. The van der Waals surface area contributed by atoms with Crippen LogP contribution in [-0.2, 0) is 13.1 Å². The lowest BCUT2D eigenvalue weighted by Gasteiger charge is -2.29. The normalized spacial score (nSPS) is 19.4. The lowest BCUT2D eigenvalue weighted by Crippen LogP contribution is -3.27. The quantitative estimate of drug-likeness (QED) is 0.502. The molecule has 0 saturated carbocycles. The topological polar surface area (TPSA) is 65.2 Å². The fourth-order valence-corrected chi connectivity index (χ4v) is 3.90. The van der Waals surface area contributed by atoms with Crippen LogP contribution < -0.4 is 9.80 Å². The van der Waals surface area contributed by atoms with E-state index in [0.717, 1.165) is 45.0 Å². The molecule has 2 aromatic carbocycles. The Morgan fingerprint density at radius 3 is 2.18 bits per heavy atom. The van der Waals surface area contributed by atoms with Crippen molar-refractivity contribution in [2.24, 2.45) is 0 Å². The van der Waals surface area contributed by atoms with Gasteiger partial charge in [-0.25, -0.2) is 0 Å². The zero-order valence-electron chi connectivity index (χ0n) is 15.8. The number of benzene rings is 2. The fraction of sp³-hybridized carbons (Fsp3) is 0.273. The largest absolute Gasteiger partial charge is 0.455 e. The average molecular weight is 379 g/mol. The predicted molar refractivity (Wildman–Crippen MR) is 106 cm³/mol. The Balaban J connectivity index is 1.35. The highest BCUT2D eigenvalue weighted by Gasteiger charge is 2.24. The van der Waals surface area contributed by atoms with E-state index in [1.54, 1.807) is 23.1 Å². The van der Waals surface area contributed by atoms with Gasteiger partial charge in [-0.3, -0.25) is 10.1 Å². The van der Waals surface area contributed by atoms with Crippen LogP contribution in [-0.4, -0.2) is 31.1 Å². The zero-order chi connectivity index (χ0) is 19.3. The number of rotatable bonds is 6. The number of nitro groups is 1. The Bertz CT molecular complexity index is 931. The van der Waals surface area contributed by atoms with Gasteiger partial charge in [-0.1, -0.05) is 42.5 Å². The molecular formula is C22H25N3O3+2. The van der Waals surface area contributed by atoms with Gasteiger partial charge in [-0.15, -0.1) is 0 Å². The van der Waals surface area contributed by atoms with E-state index in [1.165, 1.54) is 16.5 Å². The first-order valence-electron chi connectivity index (χ1n) is 9.72. The van der Waals surface area contributed by atoms with E-state index in [-0.39, 0.29) is 10.6 Å². The first-order chi connectivity index (χ1) is 13.7. The average Bonchev–Trinajstić information content (AvgIpc) is 3.18. The molecule has 1 saturated heterocycles. The van der Waals surface area contributed by atoms with Crippen LogP contribution in [0.2, 0.25) is 0 Å². The summed E-state index contributed by atoms with van der Waals surface area (Å²) in [6, 6.07) is 21.1. The second kappa shape index (κ2) is 8.37. The third kappa shape index (κ3) is 4.30. The van der Waals surface area contributed by atoms with Crippen molar-refractivity contribution >= 4 is 5.69 Å². The fourth-order valence-electron chi connectivity index (χ4n) is 3.90. The predicted octanol–water partition coefficient (Wildman–Crippen LogP) is 1.34. The second-order valence-electron chi connectivity index (χ2n) is 7.38. The molecule has 2 N–H and O–H groups in total. The van der Waals surface area contributed by atoms with E-state index >= 15 is 0 Å². The lowest BCUT2D eigenvalue weighted by molar-refractivity contribution is -1.02. The molecule has 0 aliphatic carbocycles. The number of hydrogen-bond acceptors (Lipinski definition) is 3. The summed E-state index contributed by atoms with van der Waals surface area (Å²) in [5, 5.41) is 11.2. The van der Waals surface area contributed by atoms with Gasteiger partial charge in [-0.05, 0) is 18.2 Å². The van der Waals surface area contributed by atoms with E-state index in [0.29, 0.717) is 11.3 Å². The molecule has 2 heterocycles. The van der Waals surface area contributed by atoms with Gasteiger partial charge in [0.1, 0.15) is 45.0 Å². The highest BCUT2D eigenvalue weighted by molar-refractivity contribution is 5.69. The molecule has 0 unspecified atom stereocenters. The first kappa shape index (κ1) is 18.4. The van der Waals surface area contributed by atoms with E-state index in [1.807, 2.05) is 12.1 Å². The van der Waals surface area contributed by atoms with Crippen molar-refractivity contribution < 1.29 is 19.1 Å². The van der Waals surface area contributed by atoms with Crippen LogP contribution in [0.1, 0.15) is 11.3 Å². The molecule has 28 heavy (non-hydrogen) atoms. The first-order valence-corrected chi connectivity index (χ1v) is 9.72. The third-order valence-corrected chi connectivity index (χ3v) is 5.41. The van der Waals surface area contributed by atoms with Gasteiger partial charge in [-0.2, -0.15) is 0 Å². The summed E-state index contributed by atoms with van der Waals surface area (Å²) < 4.78 is 5.95. The number of para-hydroxylation sites is 1. The summed E-state index contributed by atoms with van der Waals surface area (Å²) in [7, 11) is 0. The van der Waals surface area contributed by atoms with Crippen LogP contribution in [0.25, 0.3) is 11.3 Å². The number of nitrogens with one attached hydrogen (secondary N) is 2. The summed E-state index contributed by atoms with van der Waals surface area (Å²) in [5.74, 6) is 1.45. The number of quaternary nitrogens is 2. The van der Waals surface area contributed by atoms with E-state index in [4.69, 9.17) is 4.42 Å². The molecule has 0 amide bonds. The highest BCUT2D eigenvalue weighted by atomic mass is 16.6. The molecule has 0 radical (unpaired) electrons. The van der Waals surface area contributed by atoms with Crippen molar-refractivity contribution in [1.82, 2.24) is 0 Å². The molecule has 1 aliphatic rings. The van der Waals surface area contributed by atoms with Crippen LogP contribution in [0.3, 0.4) is 0 Å². The number of nitro benzene ring substituents is 1. The molecule has 6 nitrogen and oxygen atoms in total. The van der Waals surface area contributed by atoms with Crippen molar-refractivity contribution in [2.45, 2.75) is 13.1 Å². The Hall–Kier alpha value is -2.96. The van der Waals surface area contributed by atoms with Crippen LogP contribution in [0.15, 0.2) is 71.1 Å². The maximum atomic E-state index is 11.2. The highest BCUT2D eigenvalue weighted by Crippen LogP contribution is 2.30.